The van der Waals surface area contributed by atoms with E-state index in [9.17, 15) is 19.5 Å². The molecule has 8 nitrogen and oxygen atoms in total. The Morgan fingerprint density at radius 1 is 1.05 bits per heavy atom. The number of nitrogens with zero attached hydrogens (tertiary/aromatic N) is 1. The molecule has 1 aromatic heterocycles. The highest BCUT2D eigenvalue weighted by molar-refractivity contribution is 5.93. The van der Waals surface area contributed by atoms with Gasteiger partial charge in [0.25, 0.3) is 0 Å². The van der Waals surface area contributed by atoms with E-state index in [1.54, 1.807) is 25.1 Å². The Bertz CT molecular complexity index is 1160. The maximum atomic E-state index is 13.8. The van der Waals surface area contributed by atoms with Crippen LogP contribution < -0.4 is 10.6 Å². The maximum Gasteiger partial charge on any atom is 0.331 e. The summed E-state index contributed by atoms with van der Waals surface area (Å²) in [6.07, 6.45) is 3.54. The van der Waals surface area contributed by atoms with Gasteiger partial charge in [0, 0.05) is 35.1 Å². The van der Waals surface area contributed by atoms with E-state index in [-0.39, 0.29) is 23.3 Å². The van der Waals surface area contributed by atoms with E-state index >= 15 is 0 Å². The van der Waals surface area contributed by atoms with Crippen LogP contribution in [-0.4, -0.2) is 65.0 Å². The number of aromatic nitrogens is 1. The van der Waals surface area contributed by atoms with Crippen molar-refractivity contribution in [3.63, 3.8) is 0 Å². The van der Waals surface area contributed by atoms with Crippen LogP contribution in [0.2, 0.25) is 0 Å². The van der Waals surface area contributed by atoms with Gasteiger partial charge in [0.15, 0.2) is 0 Å². The van der Waals surface area contributed by atoms with Gasteiger partial charge in [-0.15, -0.1) is 0 Å². The van der Waals surface area contributed by atoms with E-state index in [0.29, 0.717) is 0 Å². The summed E-state index contributed by atoms with van der Waals surface area (Å²) in [7, 11) is 3.41. The van der Waals surface area contributed by atoms with Gasteiger partial charge in [0.2, 0.25) is 11.8 Å². The second-order valence-corrected chi connectivity index (χ2v) is 11.8. The third kappa shape index (κ3) is 6.60. The van der Waals surface area contributed by atoms with Crippen LogP contribution in [0.1, 0.15) is 61.0 Å². The number of hydrogen-bond acceptors (Lipinski definition) is 4. The van der Waals surface area contributed by atoms with Gasteiger partial charge in [-0.3, -0.25) is 9.59 Å². The number of fused-ring (bicyclic) bond motifs is 1. The summed E-state index contributed by atoms with van der Waals surface area (Å²) in [5.74, 6) is -1.60. The topological polar surface area (TPSA) is 115 Å². The normalized spacial score (nSPS) is 15.4. The Hall–Kier alpha value is -3.13. The third-order valence-electron chi connectivity index (χ3n) is 7.19. The SMILES string of the molecule is CNC(C(=O)N[C@H](C(=O)N(C)[C@H](/C=C(\C)C(=O)O)C(C)C)C(C)(C)C)C(C)(C)c1c[nH]c2ccccc12. The number of carbonyl (C=O) groups is 3. The van der Waals surface area contributed by atoms with Crippen molar-refractivity contribution in [1.82, 2.24) is 20.5 Å². The molecule has 0 spiro atoms. The van der Waals surface area contributed by atoms with Crippen molar-refractivity contribution in [3.8, 4) is 0 Å². The van der Waals surface area contributed by atoms with Crippen molar-refractivity contribution in [2.75, 3.05) is 14.1 Å². The van der Waals surface area contributed by atoms with Gasteiger partial charge in [0.1, 0.15) is 6.04 Å². The number of aliphatic carboxylic acids is 1. The smallest absolute Gasteiger partial charge is 0.331 e. The number of carboxylic acids is 1. The fourth-order valence-electron chi connectivity index (χ4n) is 4.88. The van der Waals surface area contributed by atoms with Crippen LogP contribution in [0.4, 0.5) is 0 Å². The number of hydrogen-bond donors (Lipinski definition) is 4. The molecule has 1 heterocycles. The van der Waals surface area contributed by atoms with Crippen molar-refractivity contribution < 1.29 is 19.5 Å². The first-order valence-electron chi connectivity index (χ1n) is 12.8. The number of nitrogens with one attached hydrogen (secondary N) is 3. The molecule has 0 aliphatic heterocycles. The lowest BCUT2D eigenvalue weighted by Gasteiger charge is -2.39. The minimum Gasteiger partial charge on any atom is -0.478 e. The number of rotatable bonds is 10. The summed E-state index contributed by atoms with van der Waals surface area (Å²) >= 11 is 0. The van der Waals surface area contributed by atoms with E-state index in [1.807, 2.05) is 78.9 Å². The predicted molar refractivity (Wildman–Crippen MR) is 148 cm³/mol. The first-order chi connectivity index (χ1) is 17.0. The molecule has 0 aliphatic rings. The standard InChI is InChI=1S/C29H44N4O4/c1-17(2)22(15-18(3)27(36)37)33(10)26(35)24(28(4,5)6)32-25(34)23(30-9)29(7,8)20-16-31-21-14-12-11-13-19(20)21/h11-17,22-24,30-31H,1-10H3,(H,32,34)(H,36,37)/b18-15+/t22-,23?,24-/m1/s1. The second-order valence-electron chi connectivity index (χ2n) is 11.8. The van der Waals surface area contributed by atoms with E-state index in [2.05, 4.69) is 15.6 Å². The highest BCUT2D eigenvalue weighted by Crippen LogP contribution is 2.34. The number of aromatic amines is 1. The minimum absolute atomic E-state index is 0.0227. The number of likely N-dealkylation sites (N-methyl/N-ethyl adjacent to an activating group) is 2. The molecule has 0 saturated heterocycles. The predicted octanol–water partition coefficient (Wildman–Crippen LogP) is 4.08. The van der Waals surface area contributed by atoms with Gasteiger partial charge in [-0.2, -0.15) is 0 Å². The van der Waals surface area contributed by atoms with Gasteiger partial charge in [-0.25, -0.2) is 4.79 Å². The molecule has 204 valence electrons. The molecule has 0 bridgehead atoms. The molecule has 0 aliphatic carbocycles. The molecule has 8 heteroatoms. The maximum absolute atomic E-state index is 13.8. The van der Waals surface area contributed by atoms with E-state index in [0.717, 1.165) is 16.5 Å². The van der Waals surface area contributed by atoms with Gasteiger partial charge in [-0.05, 0) is 36.9 Å². The highest BCUT2D eigenvalue weighted by atomic mass is 16.4. The highest BCUT2D eigenvalue weighted by Gasteiger charge is 2.42. The fourth-order valence-corrected chi connectivity index (χ4v) is 4.88. The summed E-state index contributed by atoms with van der Waals surface area (Å²) in [6.45, 7) is 15.1. The zero-order valence-corrected chi connectivity index (χ0v) is 23.9. The quantitative estimate of drug-likeness (QED) is 0.358. The number of amides is 2. The van der Waals surface area contributed by atoms with Crippen molar-refractivity contribution >= 4 is 28.7 Å². The zero-order chi connectivity index (χ0) is 28.3. The number of benzene rings is 1. The summed E-state index contributed by atoms with van der Waals surface area (Å²) < 4.78 is 0. The number of H-pyrrole nitrogens is 1. The average Bonchev–Trinajstić information content (AvgIpc) is 3.24. The van der Waals surface area contributed by atoms with Crippen LogP contribution >= 0.6 is 0 Å². The van der Waals surface area contributed by atoms with Crippen molar-refractivity contribution in [3.05, 3.63) is 47.7 Å². The first kappa shape index (κ1) is 30.1. The van der Waals surface area contributed by atoms with Gasteiger partial charge in [0.05, 0.1) is 12.1 Å². The minimum atomic E-state index is -1.02. The summed E-state index contributed by atoms with van der Waals surface area (Å²) in [4.78, 5) is 43.8. The van der Waals surface area contributed by atoms with Crippen molar-refractivity contribution in [2.24, 2.45) is 11.3 Å². The number of para-hydroxylation sites is 1. The number of carbonyl (C=O) groups excluding carboxylic acids is 2. The lowest BCUT2D eigenvalue weighted by molar-refractivity contribution is -0.141. The molecule has 0 saturated carbocycles. The third-order valence-corrected chi connectivity index (χ3v) is 7.19. The summed E-state index contributed by atoms with van der Waals surface area (Å²) in [6, 6.07) is 6.09. The average molecular weight is 513 g/mol. The molecular weight excluding hydrogens is 468 g/mol. The lowest BCUT2D eigenvalue weighted by atomic mass is 9.76. The largest absolute Gasteiger partial charge is 0.478 e. The number of carboxylic acid groups (broad SMARTS) is 1. The van der Waals surface area contributed by atoms with E-state index < -0.39 is 34.9 Å². The second kappa shape index (κ2) is 11.5. The molecule has 3 atom stereocenters. The zero-order valence-electron chi connectivity index (χ0n) is 23.9. The first-order valence-corrected chi connectivity index (χ1v) is 12.8. The van der Waals surface area contributed by atoms with Crippen LogP contribution in [0, 0.1) is 11.3 Å². The molecule has 1 unspecified atom stereocenters. The molecule has 4 N–H and O–H groups in total. The van der Waals surface area contributed by atoms with E-state index in [1.165, 1.54) is 6.92 Å². The van der Waals surface area contributed by atoms with Gasteiger partial charge < -0.3 is 25.6 Å². The Balaban J connectivity index is 2.40. The molecule has 2 rings (SSSR count). The lowest BCUT2D eigenvalue weighted by Crippen LogP contribution is -2.61. The van der Waals surface area contributed by atoms with Crippen LogP contribution in [0.5, 0.6) is 0 Å². The molecule has 2 amide bonds. The van der Waals surface area contributed by atoms with Crippen LogP contribution in [0.25, 0.3) is 10.9 Å². The Morgan fingerprint density at radius 2 is 1.65 bits per heavy atom. The molecule has 0 radical (unpaired) electrons. The molecule has 2 aromatic rings. The van der Waals surface area contributed by atoms with Crippen molar-refractivity contribution in [2.45, 2.75) is 78.9 Å². The summed E-state index contributed by atoms with van der Waals surface area (Å²) in [5.41, 5.74) is 0.983. The summed E-state index contributed by atoms with van der Waals surface area (Å²) in [5, 5.41) is 16.6. The fraction of sp³-hybridized carbons (Fsp3) is 0.552. The Kier molecular flexibility index (Phi) is 9.36. The molecule has 37 heavy (non-hydrogen) atoms. The Labute approximate surface area is 220 Å². The van der Waals surface area contributed by atoms with Crippen LogP contribution in [-0.2, 0) is 19.8 Å². The molecule has 1 aromatic carbocycles. The van der Waals surface area contributed by atoms with E-state index in [4.69, 9.17) is 0 Å². The molecular formula is C29H44N4O4. The monoisotopic (exact) mass is 512 g/mol. The van der Waals surface area contributed by atoms with Gasteiger partial charge in [-0.1, -0.05) is 72.7 Å². The van der Waals surface area contributed by atoms with Crippen LogP contribution in [0.15, 0.2) is 42.1 Å². The Morgan fingerprint density at radius 3 is 2.16 bits per heavy atom. The van der Waals surface area contributed by atoms with Crippen molar-refractivity contribution in [1.29, 1.82) is 0 Å². The van der Waals surface area contributed by atoms with Gasteiger partial charge >= 0.3 is 5.97 Å². The van der Waals surface area contributed by atoms with Crippen LogP contribution in [0.3, 0.4) is 0 Å². The molecule has 0 fully saturated rings.